The topological polar surface area (TPSA) is 58.6 Å². The summed E-state index contributed by atoms with van der Waals surface area (Å²) in [4.78, 5) is 2.25. The van der Waals surface area contributed by atoms with Gasteiger partial charge in [-0.3, -0.25) is 4.90 Å². The Bertz CT molecular complexity index is 575. The van der Waals surface area contributed by atoms with Crippen molar-refractivity contribution in [2.24, 2.45) is 0 Å². The molecule has 1 saturated heterocycles. The van der Waals surface area contributed by atoms with Crippen molar-refractivity contribution >= 4 is 9.84 Å². The van der Waals surface area contributed by atoms with Crippen LogP contribution in [-0.2, 0) is 9.84 Å². The normalized spacial score (nSPS) is 20.0. The van der Waals surface area contributed by atoms with Gasteiger partial charge in [-0.15, -0.1) is 0 Å². The molecule has 6 heteroatoms. The molecule has 22 heavy (non-hydrogen) atoms. The first-order chi connectivity index (χ1) is 10.6. The summed E-state index contributed by atoms with van der Waals surface area (Å²) < 4.78 is 29.4. The van der Waals surface area contributed by atoms with Crippen molar-refractivity contribution in [1.82, 2.24) is 10.2 Å². The molecule has 0 saturated carbocycles. The van der Waals surface area contributed by atoms with E-state index >= 15 is 0 Å². The van der Waals surface area contributed by atoms with Gasteiger partial charge in [0.1, 0.15) is 5.75 Å². The van der Waals surface area contributed by atoms with Crippen molar-refractivity contribution in [3.8, 4) is 5.75 Å². The minimum absolute atomic E-state index is 0.154. The van der Waals surface area contributed by atoms with Gasteiger partial charge in [-0.05, 0) is 12.5 Å². The van der Waals surface area contributed by atoms with Crippen LogP contribution in [0.4, 0.5) is 0 Å². The van der Waals surface area contributed by atoms with Gasteiger partial charge in [0.15, 0.2) is 9.84 Å². The monoisotopic (exact) mass is 326 g/mol. The maximum absolute atomic E-state index is 12.0. The van der Waals surface area contributed by atoms with Crippen LogP contribution in [0.2, 0.25) is 0 Å². The van der Waals surface area contributed by atoms with E-state index in [9.17, 15) is 8.42 Å². The second-order valence-corrected chi connectivity index (χ2v) is 7.95. The lowest BCUT2D eigenvalue weighted by atomic mass is 10.0. The van der Waals surface area contributed by atoms with Gasteiger partial charge >= 0.3 is 0 Å². The summed E-state index contributed by atoms with van der Waals surface area (Å²) in [6.07, 6.45) is 0.680. The zero-order valence-electron chi connectivity index (χ0n) is 13.4. The molecule has 1 unspecified atom stereocenters. The Hall–Kier alpha value is -1.11. The van der Waals surface area contributed by atoms with E-state index in [0.717, 1.165) is 30.9 Å². The number of para-hydroxylation sites is 1. The summed E-state index contributed by atoms with van der Waals surface area (Å²) in [6, 6.07) is 8.12. The van der Waals surface area contributed by atoms with Crippen molar-refractivity contribution in [1.29, 1.82) is 0 Å². The number of hydrogen-bond acceptors (Lipinski definition) is 5. The summed E-state index contributed by atoms with van der Waals surface area (Å²) in [5, 5.41) is 3.39. The Morgan fingerprint density at radius 2 is 2.09 bits per heavy atom. The molecule has 1 heterocycles. The number of hydrogen-bond donors (Lipinski definition) is 1. The third kappa shape index (κ3) is 4.44. The van der Waals surface area contributed by atoms with Crippen LogP contribution in [0.5, 0.6) is 5.75 Å². The number of benzene rings is 1. The standard InChI is InChI=1S/C16H26N2O3S/c1-3-11-22(19,20)12-10-18-9-8-17-13-15(18)14-6-4-5-7-16(14)21-2/h4-7,15,17H,3,8-13H2,1-2H3. The average molecular weight is 326 g/mol. The summed E-state index contributed by atoms with van der Waals surface area (Å²) in [6.45, 7) is 5.03. The summed E-state index contributed by atoms with van der Waals surface area (Å²) in [5.74, 6) is 1.36. The van der Waals surface area contributed by atoms with E-state index in [-0.39, 0.29) is 17.5 Å². The summed E-state index contributed by atoms with van der Waals surface area (Å²) >= 11 is 0. The third-order valence-corrected chi connectivity index (χ3v) is 5.89. The van der Waals surface area contributed by atoms with E-state index in [2.05, 4.69) is 16.3 Å². The van der Waals surface area contributed by atoms with E-state index in [4.69, 9.17) is 4.74 Å². The van der Waals surface area contributed by atoms with E-state index in [0.29, 0.717) is 13.0 Å². The number of sulfone groups is 1. The molecule has 1 aliphatic heterocycles. The molecule has 0 aliphatic carbocycles. The van der Waals surface area contributed by atoms with E-state index in [1.807, 2.05) is 25.1 Å². The van der Waals surface area contributed by atoms with Crippen molar-refractivity contribution in [3.05, 3.63) is 29.8 Å². The first-order valence-electron chi connectivity index (χ1n) is 7.85. The Balaban J connectivity index is 2.11. The smallest absolute Gasteiger partial charge is 0.151 e. The molecule has 1 atom stereocenters. The zero-order valence-corrected chi connectivity index (χ0v) is 14.2. The number of ether oxygens (including phenoxy) is 1. The van der Waals surface area contributed by atoms with Crippen LogP contribution in [0, 0.1) is 0 Å². The highest BCUT2D eigenvalue weighted by atomic mass is 32.2. The summed E-state index contributed by atoms with van der Waals surface area (Å²) in [7, 11) is -1.27. The SMILES string of the molecule is CCCS(=O)(=O)CCN1CCNCC1c1ccccc1OC. The fourth-order valence-electron chi connectivity index (χ4n) is 2.93. The van der Waals surface area contributed by atoms with Crippen LogP contribution in [0.25, 0.3) is 0 Å². The molecule has 0 bridgehead atoms. The fourth-order valence-corrected chi connectivity index (χ4v) is 4.27. The molecule has 1 fully saturated rings. The Kier molecular flexibility index (Phi) is 6.23. The van der Waals surface area contributed by atoms with Crippen LogP contribution in [0.15, 0.2) is 24.3 Å². The lowest BCUT2D eigenvalue weighted by Gasteiger charge is -2.37. The van der Waals surface area contributed by atoms with Gasteiger partial charge in [0.2, 0.25) is 0 Å². The van der Waals surface area contributed by atoms with Crippen molar-refractivity contribution < 1.29 is 13.2 Å². The van der Waals surface area contributed by atoms with Crippen LogP contribution >= 0.6 is 0 Å². The molecule has 124 valence electrons. The molecule has 1 aromatic rings. The van der Waals surface area contributed by atoms with Gasteiger partial charge in [0.05, 0.1) is 18.9 Å². The molecule has 5 nitrogen and oxygen atoms in total. The fraction of sp³-hybridized carbons (Fsp3) is 0.625. The molecule has 1 aromatic carbocycles. The molecular weight excluding hydrogens is 300 g/mol. The van der Waals surface area contributed by atoms with E-state index < -0.39 is 9.84 Å². The maximum Gasteiger partial charge on any atom is 0.151 e. The first-order valence-corrected chi connectivity index (χ1v) is 9.67. The lowest BCUT2D eigenvalue weighted by Crippen LogP contribution is -2.47. The Morgan fingerprint density at radius 1 is 1.32 bits per heavy atom. The van der Waals surface area contributed by atoms with Gasteiger partial charge < -0.3 is 10.1 Å². The lowest BCUT2D eigenvalue weighted by molar-refractivity contribution is 0.168. The highest BCUT2D eigenvalue weighted by Crippen LogP contribution is 2.29. The van der Waals surface area contributed by atoms with Crippen molar-refractivity contribution in [3.63, 3.8) is 0 Å². The molecule has 0 radical (unpaired) electrons. The van der Waals surface area contributed by atoms with Gasteiger partial charge in [-0.1, -0.05) is 25.1 Å². The van der Waals surface area contributed by atoms with Gasteiger partial charge in [-0.2, -0.15) is 0 Å². The number of nitrogens with one attached hydrogen (secondary N) is 1. The van der Waals surface area contributed by atoms with Crippen LogP contribution < -0.4 is 10.1 Å². The van der Waals surface area contributed by atoms with E-state index in [1.165, 1.54) is 0 Å². The molecule has 0 amide bonds. The highest BCUT2D eigenvalue weighted by Gasteiger charge is 2.27. The quantitative estimate of drug-likeness (QED) is 0.822. The minimum Gasteiger partial charge on any atom is -0.496 e. The number of nitrogens with zero attached hydrogens (tertiary/aromatic N) is 1. The predicted octanol–water partition coefficient (Wildman–Crippen LogP) is 1.47. The van der Waals surface area contributed by atoms with Gasteiger partial charge in [0.25, 0.3) is 0 Å². The largest absolute Gasteiger partial charge is 0.496 e. The molecule has 1 N–H and O–H groups in total. The number of rotatable bonds is 7. The van der Waals surface area contributed by atoms with Crippen molar-refractivity contribution in [2.75, 3.05) is 44.8 Å². The molecule has 0 spiro atoms. The van der Waals surface area contributed by atoms with Crippen LogP contribution in [-0.4, -0.2) is 58.1 Å². The van der Waals surface area contributed by atoms with E-state index in [1.54, 1.807) is 7.11 Å². The molecule has 1 aliphatic rings. The zero-order chi connectivity index (χ0) is 16.0. The van der Waals surface area contributed by atoms with Gasteiger partial charge in [-0.25, -0.2) is 8.42 Å². The second-order valence-electron chi connectivity index (χ2n) is 5.65. The maximum atomic E-state index is 12.0. The van der Waals surface area contributed by atoms with Crippen LogP contribution in [0.3, 0.4) is 0 Å². The second kappa shape index (κ2) is 7.94. The summed E-state index contributed by atoms with van der Waals surface area (Å²) in [5.41, 5.74) is 1.12. The number of methoxy groups -OCH3 is 1. The third-order valence-electron chi connectivity index (χ3n) is 4.06. The minimum atomic E-state index is -2.95. The van der Waals surface area contributed by atoms with Crippen LogP contribution in [0.1, 0.15) is 24.9 Å². The highest BCUT2D eigenvalue weighted by molar-refractivity contribution is 7.91. The predicted molar refractivity (Wildman–Crippen MR) is 89.1 cm³/mol. The number of piperazine rings is 1. The first kappa shape index (κ1) is 17.2. The molecule has 2 rings (SSSR count). The Labute approximate surface area is 133 Å². The molecular formula is C16H26N2O3S. The molecule has 0 aromatic heterocycles. The Morgan fingerprint density at radius 3 is 2.82 bits per heavy atom. The van der Waals surface area contributed by atoms with Crippen molar-refractivity contribution in [2.45, 2.75) is 19.4 Å². The average Bonchev–Trinajstić information content (AvgIpc) is 2.53. The van der Waals surface area contributed by atoms with Gasteiger partial charge in [0, 0.05) is 37.5 Å².